The van der Waals surface area contributed by atoms with Crippen molar-refractivity contribution in [3.8, 4) is 0 Å². The summed E-state index contributed by atoms with van der Waals surface area (Å²) in [5.41, 5.74) is 0.302. The predicted molar refractivity (Wildman–Crippen MR) is 105 cm³/mol. The molecule has 1 N–H and O–H groups in total. The number of non-ortho nitro benzene ring substituents is 1. The number of ether oxygens (including phenoxy) is 3. The molecule has 1 fully saturated rings. The highest BCUT2D eigenvalue weighted by Gasteiger charge is 2.49. The molecule has 1 aliphatic heterocycles. The summed E-state index contributed by atoms with van der Waals surface area (Å²) in [6, 6.07) is 3.96. The Morgan fingerprint density at radius 3 is 2.29 bits per heavy atom. The number of rotatable bonds is 9. The van der Waals surface area contributed by atoms with Crippen LogP contribution in [0.2, 0.25) is 0 Å². The molecule has 0 radical (unpaired) electrons. The van der Waals surface area contributed by atoms with Crippen molar-refractivity contribution in [2.45, 2.75) is 51.9 Å². The molecule has 1 aliphatic rings. The Labute approximate surface area is 178 Å². The van der Waals surface area contributed by atoms with Gasteiger partial charge in [-0.3, -0.25) is 24.5 Å². The number of nitro benzene ring substituents is 1. The number of Topliss-reactive ketones (excluding diaryl/α,β-unsaturated/α-hetero) is 1. The van der Waals surface area contributed by atoms with Crippen LogP contribution in [0.4, 0.5) is 10.5 Å². The summed E-state index contributed by atoms with van der Waals surface area (Å²) in [6.45, 7) is 4.73. The Balaban J connectivity index is 2.22. The van der Waals surface area contributed by atoms with E-state index in [1.54, 1.807) is 0 Å². The number of hydrogen-bond acceptors (Lipinski definition) is 9. The molecule has 0 aromatic heterocycles. The van der Waals surface area contributed by atoms with Crippen LogP contribution in [-0.2, 0) is 35.0 Å². The SMILES string of the molecule is CCCCOC(=O)NC(Cc1ccc([N+](=O)[O-])cc1)C(=O)C1C(=O)OC(C)(C)OC1=O. The van der Waals surface area contributed by atoms with Gasteiger partial charge in [0.05, 0.1) is 17.6 Å². The summed E-state index contributed by atoms with van der Waals surface area (Å²) in [4.78, 5) is 59.9. The van der Waals surface area contributed by atoms with Gasteiger partial charge in [0.15, 0.2) is 5.78 Å². The largest absolute Gasteiger partial charge is 0.450 e. The molecule has 0 spiro atoms. The van der Waals surface area contributed by atoms with Crippen molar-refractivity contribution in [2.75, 3.05) is 6.61 Å². The molecule has 1 heterocycles. The zero-order valence-electron chi connectivity index (χ0n) is 17.4. The van der Waals surface area contributed by atoms with E-state index in [4.69, 9.17) is 14.2 Å². The lowest BCUT2D eigenvalue weighted by atomic mass is 9.92. The van der Waals surface area contributed by atoms with Gasteiger partial charge < -0.3 is 19.5 Å². The first-order chi connectivity index (χ1) is 14.5. The van der Waals surface area contributed by atoms with Gasteiger partial charge in [0.1, 0.15) is 0 Å². The molecule has 0 aliphatic carbocycles. The molecule has 168 valence electrons. The van der Waals surface area contributed by atoms with Crippen molar-refractivity contribution in [3.05, 3.63) is 39.9 Å². The van der Waals surface area contributed by atoms with Crippen LogP contribution in [0.3, 0.4) is 0 Å². The van der Waals surface area contributed by atoms with Crippen LogP contribution in [0.5, 0.6) is 0 Å². The number of unbranched alkanes of at least 4 members (excludes halogenated alkanes) is 1. The number of carbonyl (C=O) groups is 4. The van der Waals surface area contributed by atoms with E-state index in [1.165, 1.54) is 38.1 Å². The Morgan fingerprint density at radius 2 is 1.77 bits per heavy atom. The molecule has 11 nitrogen and oxygen atoms in total. The third kappa shape index (κ3) is 6.49. The highest BCUT2D eigenvalue weighted by atomic mass is 16.7. The molecule has 1 atom stereocenters. The summed E-state index contributed by atoms with van der Waals surface area (Å²) in [7, 11) is 0. The van der Waals surface area contributed by atoms with Gasteiger partial charge in [0, 0.05) is 26.0 Å². The minimum absolute atomic E-state index is 0.127. The second kappa shape index (κ2) is 10.0. The van der Waals surface area contributed by atoms with Gasteiger partial charge in [-0.1, -0.05) is 25.5 Å². The minimum atomic E-state index is -1.87. The van der Waals surface area contributed by atoms with Crippen molar-refractivity contribution in [1.29, 1.82) is 0 Å². The second-order valence-corrected chi connectivity index (χ2v) is 7.39. The highest BCUT2D eigenvalue weighted by molar-refractivity contribution is 6.17. The van der Waals surface area contributed by atoms with Gasteiger partial charge in [-0.05, 0) is 18.4 Å². The standard InChI is InChI=1S/C20H24N2O9/c1-4-5-10-29-19(26)21-14(11-12-6-8-13(9-7-12)22(27)28)16(23)15-17(24)30-20(2,3)31-18(15)25/h6-9,14-15H,4-5,10-11H2,1-3H3,(H,21,26). The quantitative estimate of drug-likeness (QED) is 0.202. The molecule has 0 saturated carbocycles. The average Bonchev–Trinajstić information content (AvgIpc) is 2.66. The van der Waals surface area contributed by atoms with Crippen LogP contribution in [0.15, 0.2) is 24.3 Å². The molecule has 1 aromatic rings. The van der Waals surface area contributed by atoms with Gasteiger partial charge in [-0.25, -0.2) is 4.79 Å². The predicted octanol–water partition coefficient (Wildman–Crippen LogP) is 2.05. The number of cyclic esters (lactones) is 2. The summed E-state index contributed by atoms with van der Waals surface area (Å²) < 4.78 is 15.0. The summed E-state index contributed by atoms with van der Waals surface area (Å²) >= 11 is 0. The number of nitrogens with zero attached hydrogens (tertiary/aromatic N) is 1. The Bertz CT molecular complexity index is 844. The van der Waals surface area contributed by atoms with Crippen LogP contribution in [0.25, 0.3) is 0 Å². The molecule has 2 rings (SSSR count). The zero-order valence-corrected chi connectivity index (χ0v) is 17.4. The monoisotopic (exact) mass is 436 g/mol. The fraction of sp³-hybridized carbons (Fsp3) is 0.500. The van der Waals surface area contributed by atoms with Gasteiger partial charge >= 0.3 is 18.0 Å². The van der Waals surface area contributed by atoms with E-state index in [1.807, 2.05) is 6.92 Å². The zero-order chi connectivity index (χ0) is 23.2. The first kappa shape index (κ1) is 23.8. The average molecular weight is 436 g/mol. The van der Waals surface area contributed by atoms with Crippen molar-refractivity contribution in [1.82, 2.24) is 5.32 Å². The Hall–Kier alpha value is -3.50. The first-order valence-electron chi connectivity index (χ1n) is 9.70. The summed E-state index contributed by atoms with van der Waals surface area (Å²) in [5.74, 6) is -6.48. The topological polar surface area (TPSA) is 151 Å². The molecule has 31 heavy (non-hydrogen) atoms. The van der Waals surface area contributed by atoms with E-state index < -0.39 is 46.5 Å². The maximum absolute atomic E-state index is 13.0. The molecule has 1 unspecified atom stereocenters. The number of ketones is 1. The number of amides is 1. The van der Waals surface area contributed by atoms with E-state index in [9.17, 15) is 29.3 Å². The fourth-order valence-electron chi connectivity index (χ4n) is 2.86. The number of nitro groups is 1. The van der Waals surface area contributed by atoms with E-state index in [-0.39, 0.29) is 18.7 Å². The van der Waals surface area contributed by atoms with E-state index >= 15 is 0 Å². The maximum Gasteiger partial charge on any atom is 0.407 e. The van der Waals surface area contributed by atoms with Gasteiger partial charge in [-0.2, -0.15) is 0 Å². The van der Waals surface area contributed by atoms with Crippen LogP contribution in [0.1, 0.15) is 39.2 Å². The van der Waals surface area contributed by atoms with E-state index in [0.717, 1.165) is 6.42 Å². The maximum atomic E-state index is 13.0. The normalized spacial score (nSPS) is 16.6. The number of nitrogens with one attached hydrogen (secondary N) is 1. The third-order valence-corrected chi connectivity index (χ3v) is 4.40. The molecule has 1 aromatic carbocycles. The molecule has 1 saturated heterocycles. The van der Waals surface area contributed by atoms with Crippen LogP contribution in [-0.4, -0.2) is 47.2 Å². The molecule has 1 amide bonds. The molecule has 0 bridgehead atoms. The summed E-state index contributed by atoms with van der Waals surface area (Å²) in [6.07, 6.45) is 0.366. The number of hydrogen-bond donors (Lipinski definition) is 1. The Morgan fingerprint density at radius 1 is 1.19 bits per heavy atom. The second-order valence-electron chi connectivity index (χ2n) is 7.39. The number of carbonyl (C=O) groups excluding carboxylic acids is 4. The fourth-order valence-corrected chi connectivity index (χ4v) is 2.86. The number of alkyl carbamates (subject to hydrolysis) is 1. The summed E-state index contributed by atoms with van der Waals surface area (Å²) in [5, 5.41) is 13.2. The van der Waals surface area contributed by atoms with Crippen molar-refractivity contribution in [2.24, 2.45) is 5.92 Å². The highest BCUT2D eigenvalue weighted by Crippen LogP contribution is 2.25. The van der Waals surface area contributed by atoms with Crippen LogP contribution in [0, 0.1) is 16.0 Å². The van der Waals surface area contributed by atoms with Crippen molar-refractivity contribution < 1.29 is 38.3 Å². The van der Waals surface area contributed by atoms with Crippen LogP contribution < -0.4 is 5.32 Å². The van der Waals surface area contributed by atoms with Crippen LogP contribution >= 0.6 is 0 Å². The van der Waals surface area contributed by atoms with Gasteiger partial charge in [0.25, 0.3) is 11.5 Å². The lowest BCUT2D eigenvalue weighted by Crippen LogP contribution is -2.54. The molecular weight excluding hydrogens is 412 g/mol. The van der Waals surface area contributed by atoms with Crippen molar-refractivity contribution >= 4 is 29.5 Å². The first-order valence-corrected chi connectivity index (χ1v) is 9.70. The third-order valence-electron chi connectivity index (χ3n) is 4.40. The Kier molecular flexibility index (Phi) is 7.67. The minimum Gasteiger partial charge on any atom is -0.450 e. The number of esters is 2. The molecule has 11 heteroatoms. The smallest absolute Gasteiger partial charge is 0.407 e. The van der Waals surface area contributed by atoms with Gasteiger partial charge in [0.2, 0.25) is 5.92 Å². The van der Waals surface area contributed by atoms with Crippen molar-refractivity contribution in [3.63, 3.8) is 0 Å². The lowest BCUT2D eigenvalue weighted by molar-refractivity contribution is -0.384. The lowest BCUT2D eigenvalue weighted by Gasteiger charge is -2.33. The van der Waals surface area contributed by atoms with Gasteiger partial charge in [-0.15, -0.1) is 0 Å². The number of benzene rings is 1. The van der Waals surface area contributed by atoms with E-state index in [2.05, 4.69) is 5.32 Å². The van der Waals surface area contributed by atoms with E-state index in [0.29, 0.717) is 12.0 Å². The molecular formula is C20H24N2O9.